The number of amides is 1. The van der Waals surface area contributed by atoms with Crippen LogP contribution in [0.4, 0.5) is 5.13 Å². The van der Waals surface area contributed by atoms with Crippen LogP contribution in [0.5, 0.6) is 11.5 Å². The van der Waals surface area contributed by atoms with Crippen LogP contribution in [0.1, 0.15) is 50.3 Å². The molecule has 1 atom stereocenters. The topological polar surface area (TPSA) is 89.0 Å². The van der Waals surface area contributed by atoms with Gasteiger partial charge in [0.05, 0.1) is 24.8 Å². The third-order valence-electron chi connectivity index (χ3n) is 5.61. The van der Waals surface area contributed by atoms with E-state index in [2.05, 4.69) is 11.9 Å². The Hall–Kier alpha value is -3.65. The van der Waals surface area contributed by atoms with E-state index in [1.165, 1.54) is 16.2 Å². The lowest BCUT2D eigenvalue weighted by atomic mass is 9.95. The third-order valence-corrected chi connectivity index (χ3v) is 6.38. The molecule has 0 radical (unpaired) electrons. The van der Waals surface area contributed by atoms with Gasteiger partial charge in [-0.25, -0.2) is 4.98 Å². The number of thiazole rings is 1. The SMILES string of the molecule is CCCCOc1cccc(C2C(=C(O)c3ccc(OCCC)cc3)C(=O)C(=O)N2c2nccs2)c1. The summed E-state index contributed by atoms with van der Waals surface area (Å²) < 4.78 is 11.5. The highest BCUT2D eigenvalue weighted by Gasteiger charge is 2.48. The number of carbonyl (C=O) groups is 2. The molecule has 35 heavy (non-hydrogen) atoms. The quantitative estimate of drug-likeness (QED) is 0.168. The molecule has 0 saturated carbocycles. The highest BCUT2D eigenvalue weighted by atomic mass is 32.1. The summed E-state index contributed by atoms with van der Waals surface area (Å²) in [5.41, 5.74) is 1.09. The van der Waals surface area contributed by atoms with Crippen molar-refractivity contribution in [1.29, 1.82) is 0 Å². The summed E-state index contributed by atoms with van der Waals surface area (Å²) in [4.78, 5) is 32.0. The number of hydrogen-bond donors (Lipinski definition) is 1. The molecule has 1 saturated heterocycles. The Bertz CT molecular complexity index is 1200. The Morgan fingerprint density at radius 3 is 2.49 bits per heavy atom. The van der Waals surface area contributed by atoms with Crippen LogP contribution >= 0.6 is 11.3 Å². The number of aliphatic hydroxyl groups is 1. The van der Waals surface area contributed by atoms with Gasteiger partial charge < -0.3 is 14.6 Å². The normalized spacial score (nSPS) is 17.1. The number of ketones is 1. The molecule has 1 unspecified atom stereocenters. The first-order valence-electron chi connectivity index (χ1n) is 11.7. The maximum atomic E-state index is 13.2. The minimum Gasteiger partial charge on any atom is -0.507 e. The van der Waals surface area contributed by atoms with Crippen LogP contribution in [0, 0.1) is 0 Å². The molecule has 182 valence electrons. The van der Waals surface area contributed by atoms with Gasteiger partial charge in [0, 0.05) is 17.1 Å². The van der Waals surface area contributed by atoms with Gasteiger partial charge in [0.1, 0.15) is 17.3 Å². The molecule has 1 fully saturated rings. The van der Waals surface area contributed by atoms with E-state index in [0.29, 0.717) is 41.0 Å². The molecule has 0 spiro atoms. The summed E-state index contributed by atoms with van der Waals surface area (Å²) in [7, 11) is 0. The summed E-state index contributed by atoms with van der Waals surface area (Å²) in [6, 6.07) is 13.3. The predicted molar refractivity (Wildman–Crippen MR) is 136 cm³/mol. The molecule has 7 nitrogen and oxygen atoms in total. The minimum absolute atomic E-state index is 0.0122. The Kier molecular flexibility index (Phi) is 7.82. The molecule has 1 aromatic heterocycles. The van der Waals surface area contributed by atoms with Crippen molar-refractivity contribution in [2.75, 3.05) is 18.1 Å². The number of unbranched alkanes of at least 4 members (excludes halogenated alkanes) is 1. The molecule has 2 aromatic carbocycles. The molecule has 0 bridgehead atoms. The summed E-state index contributed by atoms with van der Waals surface area (Å²) in [5, 5.41) is 13.4. The maximum Gasteiger partial charge on any atom is 0.301 e. The van der Waals surface area contributed by atoms with Gasteiger partial charge in [-0.3, -0.25) is 14.5 Å². The first-order chi connectivity index (χ1) is 17.0. The second kappa shape index (κ2) is 11.2. The number of aliphatic hydroxyl groups excluding tert-OH is 1. The van der Waals surface area contributed by atoms with E-state index >= 15 is 0 Å². The van der Waals surface area contributed by atoms with Gasteiger partial charge in [-0.15, -0.1) is 11.3 Å². The molecule has 1 N–H and O–H groups in total. The molecule has 1 amide bonds. The first kappa shape index (κ1) is 24.5. The summed E-state index contributed by atoms with van der Waals surface area (Å²) >= 11 is 1.25. The van der Waals surface area contributed by atoms with Gasteiger partial charge in [-0.1, -0.05) is 32.4 Å². The van der Waals surface area contributed by atoms with Crippen molar-refractivity contribution in [1.82, 2.24) is 4.98 Å². The highest BCUT2D eigenvalue weighted by Crippen LogP contribution is 2.43. The van der Waals surface area contributed by atoms with Gasteiger partial charge in [0.2, 0.25) is 0 Å². The summed E-state index contributed by atoms with van der Waals surface area (Å²) in [6.07, 6.45) is 4.38. The molecule has 2 heterocycles. The Morgan fingerprint density at radius 2 is 1.80 bits per heavy atom. The number of hydrogen-bond acceptors (Lipinski definition) is 7. The van der Waals surface area contributed by atoms with Gasteiger partial charge >= 0.3 is 5.91 Å². The zero-order chi connectivity index (χ0) is 24.8. The second-order valence-corrected chi connectivity index (χ2v) is 9.00. The fourth-order valence-corrected chi connectivity index (χ4v) is 4.54. The zero-order valence-corrected chi connectivity index (χ0v) is 20.6. The van der Waals surface area contributed by atoms with Gasteiger partial charge in [-0.2, -0.15) is 0 Å². The molecule has 1 aliphatic rings. The van der Waals surface area contributed by atoms with Crippen LogP contribution in [0.2, 0.25) is 0 Å². The number of carbonyl (C=O) groups excluding carboxylic acids is 2. The van der Waals surface area contributed by atoms with Crippen molar-refractivity contribution >= 4 is 33.9 Å². The van der Waals surface area contributed by atoms with Crippen LogP contribution in [-0.4, -0.2) is 35.0 Å². The van der Waals surface area contributed by atoms with Crippen LogP contribution in [0.25, 0.3) is 5.76 Å². The van der Waals surface area contributed by atoms with Gasteiger partial charge in [0.25, 0.3) is 5.78 Å². The Labute approximate surface area is 208 Å². The van der Waals surface area contributed by atoms with E-state index in [1.54, 1.807) is 35.8 Å². The van der Waals surface area contributed by atoms with E-state index in [4.69, 9.17) is 9.47 Å². The molecule has 1 aliphatic heterocycles. The van der Waals surface area contributed by atoms with E-state index in [-0.39, 0.29) is 11.3 Å². The van der Waals surface area contributed by atoms with Gasteiger partial charge in [-0.05, 0) is 54.8 Å². The Morgan fingerprint density at radius 1 is 1.03 bits per heavy atom. The average molecular weight is 493 g/mol. The second-order valence-electron chi connectivity index (χ2n) is 8.13. The number of nitrogens with zero attached hydrogens (tertiary/aromatic N) is 2. The maximum absolute atomic E-state index is 13.2. The van der Waals surface area contributed by atoms with Crippen molar-refractivity contribution in [3.05, 3.63) is 76.8 Å². The fraction of sp³-hybridized carbons (Fsp3) is 0.296. The minimum atomic E-state index is -0.841. The van der Waals surface area contributed by atoms with E-state index in [1.807, 2.05) is 31.2 Å². The number of aromatic nitrogens is 1. The lowest BCUT2D eigenvalue weighted by Crippen LogP contribution is -2.29. The number of anilines is 1. The highest BCUT2D eigenvalue weighted by molar-refractivity contribution is 7.14. The van der Waals surface area contributed by atoms with Crippen molar-refractivity contribution in [2.45, 2.75) is 39.2 Å². The largest absolute Gasteiger partial charge is 0.507 e. The lowest BCUT2D eigenvalue weighted by molar-refractivity contribution is -0.132. The smallest absolute Gasteiger partial charge is 0.301 e. The number of ether oxygens (including phenoxy) is 2. The van der Waals surface area contributed by atoms with Crippen molar-refractivity contribution < 1.29 is 24.2 Å². The molecular formula is C27H28N2O5S. The Balaban J connectivity index is 1.78. The molecule has 3 aromatic rings. The van der Waals surface area contributed by atoms with Crippen LogP contribution in [0.15, 0.2) is 65.7 Å². The van der Waals surface area contributed by atoms with Crippen LogP contribution < -0.4 is 14.4 Å². The van der Waals surface area contributed by atoms with Crippen molar-refractivity contribution in [3.8, 4) is 11.5 Å². The molecule has 8 heteroatoms. The van der Waals surface area contributed by atoms with Crippen LogP contribution in [0.3, 0.4) is 0 Å². The number of Topliss-reactive ketones (excluding diaryl/α,β-unsaturated/α-hetero) is 1. The standard InChI is InChI=1S/C27H28N2O5S/c1-3-5-15-34-21-8-6-7-19(17-21)23-22(25(31)26(32)29(23)27-28-13-16-35-27)24(30)18-9-11-20(12-10-18)33-14-4-2/h6-13,16-17,23,30H,3-5,14-15H2,1-2H3. The average Bonchev–Trinajstić information content (AvgIpc) is 3.50. The molecular weight excluding hydrogens is 464 g/mol. The first-order valence-corrected chi connectivity index (χ1v) is 12.6. The monoisotopic (exact) mass is 492 g/mol. The fourth-order valence-electron chi connectivity index (χ4n) is 3.87. The third kappa shape index (κ3) is 5.22. The van der Waals surface area contributed by atoms with E-state index < -0.39 is 17.7 Å². The molecule has 4 rings (SSSR count). The van der Waals surface area contributed by atoms with E-state index in [0.717, 1.165) is 19.3 Å². The summed E-state index contributed by atoms with van der Waals surface area (Å²) in [5.74, 6) is -0.428. The van der Waals surface area contributed by atoms with Crippen molar-refractivity contribution in [2.24, 2.45) is 0 Å². The predicted octanol–water partition coefficient (Wildman–Crippen LogP) is 5.74. The molecule has 0 aliphatic carbocycles. The summed E-state index contributed by atoms with van der Waals surface area (Å²) in [6.45, 7) is 5.26. The lowest BCUT2D eigenvalue weighted by Gasteiger charge is -2.23. The number of benzene rings is 2. The van der Waals surface area contributed by atoms with E-state index in [9.17, 15) is 14.7 Å². The van der Waals surface area contributed by atoms with Gasteiger partial charge in [0.15, 0.2) is 5.13 Å². The van der Waals surface area contributed by atoms with Crippen LogP contribution in [-0.2, 0) is 9.59 Å². The number of rotatable bonds is 10. The zero-order valence-electron chi connectivity index (χ0n) is 19.8. The van der Waals surface area contributed by atoms with Crippen molar-refractivity contribution in [3.63, 3.8) is 0 Å².